The Morgan fingerprint density at radius 1 is 1.05 bits per heavy atom. The molecule has 1 amide bonds. The predicted octanol–water partition coefficient (Wildman–Crippen LogP) is 3.24. The summed E-state index contributed by atoms with van der Waals surface area (Å²) in [5, 5.41) is 17.3. The quantitative estimate of drug-likeness (QED) is 0.463. The fraction of sp³-hybridized carbons (Fsp3) is 0.478. The van der Waals surface area contributed by atoms with Gasteiger partial charge >= 0.3 is 24.3 Å². The number of ether oxygens (including phenoxy) is 1. The molecule has 2 aromatic heterocycles. The molecule has 0 unspecified atom stereocenters. The number of nitrogens with zero attached hydrogens (tertiary/aromatic N) is 2. The van der Waals surface area contributed by atoms with Gasteiger partial charge in [0, 0.05) is 32.4 Å². The Morgan fingerprint density at radius 2 is 1.69 bits per heavy atom. The fourth-order valence-corrected chi connectivity index (χ4v) is 3.97. The average Bonchev–Trinajstić information content (AvgIpc) is 3.53. The van der Waals surface area contributed by atoms with Gasteiger partial charge in [-0.05, 0) is 37.1 Å². The third-order valence-corrected chi connectivity index (χ3v) is 5.75. The van der Waals surface area contributed by atoms with Crippen LogP contribution in [0.5, 0.6) is 0 Å². The average molecular weight is 569 g/mol. The Morgan fingerprint density at radius 3 is 2.21 bits per heavy atom. The normalized spacial score (nSPS) is 20.9. The summed E-state index contributed by atoms with van der Waals surface area (Å²) in [6, 6.07) is 9.65. The van der Waals surface area contributed by atoms with Crippen molar-refractivity contribution in [3.63, 3.8) is 0 Å². The van der Waals surface area contributed by atoms with Crippen LogP contribution in [0.1, 0.15) is 24.3 Å². The zero-order valence-electron chi connectivity index (χ0n) is 20.2. The highest BCUT2D eigenvalue weighted by molar-refractivity contribution is 5.84. The van der Waals surface area contributed by atoms with Gasteiger partial charge < -0.3 is 24.7 Å². The highest BCUT2D eigenvalue weighted by atomic mass is 19.4. The molecule has 2 fully saturated rings. The number of pyridine rings is 1. The highest BCUT2D eigenvalue weighted by Gasteiger charge is 2.53. The van der Waals surface area contributed by atoms with E-state index in [0.29, 0.717) is 19.7 Å². The second kappa shape index (κ2) is 13.4. The van der Waals surface area contributed by atoms with Crippen molar-refractivity contribution in [3.8, 4) is 0 Å². The first-order valence-corrected chi connectivity index (χ1v) is 11.3. The van der Waals surface area contributed by atoms with Gasteiger partial charge in [-0.2, -0.15) is 26.3 Å². The molecule has 0 aliphatic carbocycles. The number of nitrogens with one attached hydrogen (secondary N) is 1. The van der Waals surface area contributed by atoms with Crippen LogP contribution < -0.4 is 5.32 Å². The molecule has 216 valence electrons. The summed E-state index contributed by atoms with van der Waals surface area (Å²) in [6.45, 7) is 3.46. The number of halogens is 6. The summed E-state index contributed by atoms with van der Waals surface area (Å²) in [5.74, 6) is -4.68. The van der Waals surface area contributed by atoms with E-state index in [9.17, 15) is 31.1 Å². The highest BCUT2D eigenvalue weighted by Crippen LogP contribution is 2.41. The lowest BCUT2D eigenvalue weighted by molar-refractivity contribution is -0.193. The number of likely N-dealkylation sites (tertiary alicyclic amines) is 1. The molecule has 4 heterocycles. The number of fused-ring (bicyclic) bond motifs is 1. The van der Waals surface area contributed by atoms with Gasteiger partial charge in [-0.15, -0.1) is 0 Å². The van der Waals surface area contributed by atoms with Crippen LogP contribution in [0.15, 0.2) is 47.2 Å². The number of piperidine rings is 1. The molecule has 10 nitrogen and oxygen atoms in total. The summed E-state index contributed by atoms with van der Waals surface area (Å²) in [5.41, 5.74) is 0.561. The van der Waals surface area contributed by atoms with Crippen molar-refractivity contribution in [1.29, 1.82) is 0 Å². The number of aromatic nitrogens is 1. The molecule has 2 aliphatic heterocycles. The van der Waals surface area contributed by atoms with Gasteiger partial charge in [-0.3, -0.25) is 14.7 Å². The molecule has 39 heavy (non-hydrogen) atoms. The van der Waals surface area contributed by atoms with Crippen molar-refractivity contribution in [2.24, 2.45) is 5.41 Å². The van der Waals surface area contributed by atoms with E-state index in [1.807, 2.05) is 36.5 Å². The number of aliphatic carboxylic acids is 2. The summed E-state index contributed by atoms with van der Waals surface area (Å²) < 4.78 is 74.7. The predicted molar refractivity (Wildman–Crippen MR) is 119 cm³/mol. The molecule has 16 heteroatoms. The number of amides is 1. The van der Waals surface area contributed by atoms with Crippen LogP contribution in [0.3, 0.4) is 0 Å². The minimum atomic E-state index is -5.08. The largest absolute Gasteiger partial charge is 0.490 e. The lowest BCUT2D eigenvalue weighted by atomic mass is 9.75. The van der Waals surface area contributed by atoms with Crippen LogP contribution >= 0.6 is 0 Å². The topological polar surface area (TPSA) is 142 Å². The van der Waals surface area contributed by atoms with Crippen LogP contribution in [-0.4, -0.2) is 76.1 Å². The van der Waals surface area contributed by atoms with Crippen LogP contribution in [0.4, 0.5) is 26.3 Å². The summed E-state index contributed by atoms with van der Waals surface area (Å²) in [4.78, 5) is 37.5. The van der Waals surface area contributed by atoms with Crippen LogP contribution in [-0.2, 0) is 32.2 Å². The van der Waals surface area contributed by atoms with Gasteiger partial charge in [-0.25, -0.2) is 9.59 Å². The van der Waals surface area contributed by atoms with Crippen molar-refractivity contribution in [3.05, 3.63) is 54.2 Å². The fourth-order valence-electron chi connectivity index (χ4n) is 3.97. The Kier molecular flexibility index (Phi) is 10.9. The maximum absolute atomic E-state index is 13.0. The zero-order chi connectivity index (χ0) is 29.3. The molecule has 2 aliphatic rings. The second-order valence-electron chi connectivity index (χ2n) is 8.45. The lowest BCUT2D eigenvalue weighted by Crippen LogP contribution is -2.56. The van der Waals surface area contributed by atoms with E-state index in [1.165, 1.54) is 0 Å². The molecule has 2 atom stereocenters. The zero-order valence-corrected chi connectivity index (χ0v) is 20.2. The van der Waals surface area contributed by atoms with Crippen molar-refractivity contribution in [2.45, 2.75) is 44.4 Å². The van der Waals surface area contributed by atoms with Crippen molar-refractivity contribution in [1.82, 2.24) is 15.2 Å². The third-order valence-electron chi connectivity index (χ3n) is 5.75. The minimum absolute atomic E-state index is 0.00378. The monoisotopic (exact) mass is 569 g/mol. The Hall–Kier alpha value is -3.66. The summed E-state index contributed by atoms with van der Waals surface area (Å²) in [7, 11) is 0. The van der Waals surface area contributed by atoms with Crippen molar-refractivity contribution >= 4 is 17.8 Å². The van der Waals surface area contributed by atoms with E-state index in [1.54, 1.807) is 6.26 Å². The number of carboxylic acids is 2. The van der Waals surface area contributed by atoms with E-state index in [4.69, 9.17) is 29.0 Å². The van der Waals surface area contributed by atoms with Crippen LogP contribution in [0, 0.1) is 5.41 Å². The van der Waals surface area contributed by atoms with Gasteiger partial charge in [-0.1, -0.05) is 6.07 Å². The Labute approximate surface area is 217 Å². The molecule has 2 saturated heterocycles. The second-order valence-corrected chi connectivity index (χ2v) is 8.45. The first-order chi connectivity index (χ1) is 18.1. The number of hydrogen-bond acceptors (Lipinski definition) is 7. The van der Waals surface area contributed by atoms with E-state index in [2.05, 4.69) is 15.2 Å². The van der Waals surface area contributed by atoms with E-state index < -0.39 is 29.7 Å². The summed E-state index contributed by atoms with van der Waals surface area (Å²) in [6.07, 6.45) is -5.09. The minimum Gasteiger partial charge on any atom is -0.475 e. The smallest absolute Gasteiger partial charge is 0.475 e. The molecular weight excluding hydrogens is 544 g/mol. The van der Waals surface area contributed by atoms with Gasteiger partial charge in [0.25, 0.3) is 0 Å². The molecule has 0 spiro atoms. The number of carbonyl (C=O) groups is 3. The van der Waals surface area contributed by atoms with Gasteiger partial charge in [0.1, 0.15) is 5.76 Å². The first kappa shape index (κ1) is 31.6. The first-order valence-electron chi connectivity index (χ1n) is 11.3. The standard InChI is InChI=1S/C19H23N3O3.2C2HF3O2/c23-18(21-12-16-5-3-10-24-16)19-7-11-25-17(19)6-9-22(14-19)13-15-4-1-2-8-20-15;2*3-2(4,5)1(6)7/h1-5,8,10,17H,6-7,9,11-14H2,(H,21,23);2*(H,6,7)/t17-,19-;;/m1../s1. The number of hydrogen-bond donors (Lipinski definition) is 3. The number of carbonyl (C=O) groups excluding carboxylic acids is 1. The molecule has 0 saturated carbocycles. The van der Waals surface area contributed by atoms with Crippen molar-refractivity contribution < 1.29 is 60.1 Å². The molecule has 3 N–H and O–H groups in total. The van der Waals surface area contributed by atoms with E-state index in [0.717, 1.165) is 37.4 Å². The number of furan rings is 1. The molecule has 0 bridgehead atoms. The summed E-state index contributed by atoms with van der Waals surface area (Å²) >= 11 is 0. The Bertz CT molecular complexity index is 1060. The maximum atomic E-state index is 13.0. The Balaban J connectivity index is 0.000000317. The van der Waals surface area contributed by atoms with Crippen molar-refractivity contribution in [2.75, 3.05) is 19.7 Å². The number of carboxylic acid groups (broad SMARTS) is 2. The number of rotatable bonds is 5. The van der Waals surface area contributed by atoms with Crippen LogP contribution in [0.2, 0.25) is 0 Å². The van der Waals surface area contributed by atoms with Gasteiger partial charge in [0.05, 0.1) is 30.0 Å². The lowest BCUT2D eigenvalue weighted by Gasteiger charge is -2.42. The van der Waals surface area contributed by atoms with Gasteiger partial charge in [0.2, 0.25) is 5.91 Å². The third kappa shape index (κ3) is 9.55. The SMILES string of the molecule is O=C(NCc1ccco1)[C@@]12CCO[C@@H]1CCN(Cc1ccccn1)C2.O=C(O)C(F)(F)F.O=C(O)C(F)(F)F. The molecule has 0 aromatic carbocycles. The van der Waals surface area contributed by atoms with E-state index >= 15 is 0 Å². The van der Waals surface area contributed by atoms with E-state index in [-0.39, 0.29) is 12.0 Å². The number of alkyl halides is 6. The van der Waals surface area contributed by atoms with Gasteiger partial charge in [0.15, 0.2) is 0 Å². The molecule has 2 aromatic rings. The maximum Gasteiger partial charge on any atom is 0.490 e. The molecule has 4 rings (SSSR count). The molecular formula is C23H25F6N3O7. The van der Waals surface area contributed by atoms with Crippen LogP contribution in [0.25, 0.3) is 0 Å². The molecule has 0 radical (unpaired) electrons.